The van der Waals surface area contributed by atoms with Gasteiger partial charge in [-0.15, -0.1) is 0 Å². The van der Waals surface area contributed by atoms with Gasteiger partial charge in [-0.25, -0.2) is 4.79 Å². The zero-order valence-corrected chi connectivity index (χ0v) is 13.0. The molecular weight excluding hydrogens is 373 g/mol. The van der Waals surface area contributed by atoms with E-state index in [1.165, 1.54) is 0 Å². The maximum atomic E-state index is 12.0. The van der Waals surface area contributed by atoms with E-state index in [0.717, 1.165) is 29.7 Å². The minimum atomic E-state index is -1.04. The van der Waals surface area contributed by atoms with E-state index in [9.17, 15) is 9.59 Å². The molecule has 6 nitrogen and oxygen atoms in total. The van der Waals surface area contributed by atoms with E-state index in [-0.39, 0.29) is 18.0 Å². The van der Waals surface area contributed by atoms with Gasteiger partial charge in [-0.05, 0) is 40.8 Å². The second-order valence-corrected chi connectivity index (χ2v) is 5.82. The number of rotatable bonds is 4. The molecule has 0 aliphatic carbocycles. The van der Waals surface area contributed by atoms with Crippen LogP contribution in [0.1, 0.15) is 10.4 Å². The highest BCUT2D eigenvalue weighted by Crippen LogP contribution is 2.19. The molecule has 0 unspecified atom stereocenters. The van der Waals surface area contributed by atoms with Crippen molar-refractivity contribution >= 4 is 40.2 Å². The largest absolute Gasteiger partial charge is 0.478 e. The van der Waals surface area contributed by atoms with Gasteiger partial charge in [0.1, 0.15) is 0 Å². The summed E-state index contributed by atoms with van der Waals surface area (Å²) >= 11 is 2.04. The maximum absolute atomic E-state index is 12.0. The minimum Gasteiger partial charge on any atom is -0.478 e. The van der Waals surface area contributed by atoms with E-state index in [2.05, 4.69) is 10.6 Å². The number of piperazine rings is 1. The number of halogens is 1. The Morgan fingerprint density at radius 3 is 2.70 bits per heavy atom. The number of nitrogens with zero attached hydrogens (tertiary/aromatic N) is 1. The molecule has 1 aromatic carbocycles. The Morgan fingerprint density at radius 1 is 1.35 bits per heavy atom. The number of hydrogen-bond acceptors (Lipinski definition) is 4. The molecule has 108 valence electrons. The van der Waals surface area contributed by atoms with Crippen LogP contribution in [-0.2, 0) is 4.79 Å². The molecule has 7 heteroatoms. The van der Waals surface area contributed by atoms with Gasteiger partial charge in [0.25, 0.3) is 0 Å². The number of anilines is 1. The first-order valence-corrected chi connectivity index (χ1v) is 7.40. The molecule has 0 aromatic heterocycles. The fourth-order valence-corrected chi connectivity index (χ4v) is 2.56. The number of carbonyl (C=O) groups excluding carboxylic acids is 1. The summed E-state index contributed by atoms with van der Waals surface area (Å²) < 4.78 is 0.820. The van der Waals surface area contributed by atoms with Crippen LogP contribution in [0.4, 0.5) is 5.69 Å². The molecule has 0 atom stereocenters. The van der Waals surface area contributed by atoms with Crippen molar-refractivity contribution in [3.8, 4) is 0 Å². The Balaban J connectivity index is 2.01. The number of amides is 1. The number of carbonyl (C=O) groups is 2. The maximum Gasteiger partial charge on any atom is 0.337 e. The fraction of sp³-hybridized carbons (Fsp3) is 0.385. The first-order valence-electron chi connectivity index (χ1n) is 6.32. The SMILES string of the molecule is O=C(CN1CCNCC1)Nc1ccc(I)cc1C(=O)O. The third-order valence-corrected chi connectivity index (χ3v) is 3.73. The van der Waals surface area contributed by atoms with Gasteiger partial charge in [-0.3, -0.25) is 9.69 Å². The van der Waals surface area contributed by atoms with Crippen molar-refractivity contribution in [2.45, 2.75) is 0 Å². The quantitative estimate of drug-likeness (QED) is 0.665. The van der Waals surface area contributed by atoms with Crippen LogP contribution in [-0.4, -0.2) is 54.6 Å². The van der Waals surface area contributed by atoms with Crippen molar-refractivity contribution in [1.82, 2.24) is 10.2 Å². The van der Waals surface area contributed by atoms with Gasteiger partial charge in [0.15, 0.2) is 0 Å². The summed E-state index contributed by atoms with van der Waals surface area (Å²) in [5, 5.41) is 15.0. The molecule has 1 amide bonds. The molecule has 0 bridgehead atoms. The molecule has 1 heterocycles. The average molecular weight is 389 g/mol. The second kappa shape index (κ2) is 7.00. The van der Waals surface area contributed by atoms with E-state index >= 15 is 0 Å². The number of carboxylic acids is 1. The predicted octanol–water partition coefficient (Wildman–Crippen LogP) is 0.833. The monoisotopic (exact) mass is 389 g/mol. The van der Waals surface area contributed by atoms with E-state index in [1.807, 2.05) is 27.5 Å². The first kappa shape index (κ1) is 15.2. The molecule has 1 aromatic rings. The molecule has 1 saturated heterocycles. The zero-order valence-electron chi connectivity index (χ0n) is 10.9. The Bertz CT molecular complexity index is 516. The molecule has 0 spiro atoms. The lowest BCUT2D eigenvalue weighted by molar-refractivity contribution is -0.117. The first-order chi connectivity index (χ1) is 9.56. The summed E-state index contributed by atoms with van der Waals surface area (Å²) in [5.41, 5.74) is 0.462. The molecule has 1 fully saturated rings. The van der Waals surface area contributed by atoms with Gasteiger partial charge < -0.3 is 15.7 Å². The van der Waals surface area contributed by atoms with Gasteiger partial charge >= 0.3 is 5.97 Å². The van der Waals surface area contributed by atoms with Gasteiger partial charge in [-0.1, -0.05) is 0 Å². The molecule has 1 aliphatic heterocycles. The Labute approximate surface area is 130 Å². The average Bonchev–Trinajstić information content (AvgIpc) is 2.41. The number of nitrogens with one attached hydrogen (secondary N) is 2. The number of benzene rings is 1. The van der Waals surface area contributed by atoms with Gasteiger partial charge in [0.2, 0.25) is 5.91 Å². The highest BCUT2D eigenvalue weighted by Gasteiger charge is 2.16. The van der Waals surface area contributed by atoms with Crippen molar-refractivity contribution in [1.29, 1.82) is 0 Å². The van der Waals surface area contributed by atoms with Gasteiger partial charge in [-0.2, -0.15) is 0 Å². The van der Waals surface area contributed by atoms with E-state index in [4.69, 9.17) is 5.11 Å². The Kier molecular flexibility index (Phi) is 5.32. The summed E-state index contributed by atoms with van der Waals surface area (Å²) in [5.74, 6) is -1.23. The lowest BCUT2D eigenvalue weighted by atomic mass is 10.2. The minimum absolute atomic E-state index is 0.116. The molecule has 20 heavy (non-hydrogen) atoms. The number of carboxylic acid groups (broad SMARTS) is 1. The van der Waals surface area contributed by atoms with Crippen LogP contribution in [0, 0.1) is 3.57 Å². The van der Waals surface area contributed by atoms with Crippen LogP contribution in [0.3, 0.4) is 0 Å². The smallest absolute Gasteiger partial charge is 0.337 e. The number of hydrogen-bond donors (Lipinski definition) is 3. The summed E-state index contributed by atoms with van der Waals surface area (Å²) in [6.45, 7) is 3.68. The van der Waals surface area contributed by atoms with Crippen molar-refractivity contribution in [2.75, 3.05) is 38.0 Å². The molecule has 0 radical (unpaired) electrons. The molecule has 3 N–H and O–H groups in total. The normalized spacial score (nSPS) is 15.8. The number of aromatic carboxylic acids is 1. The summed E-state index contributed by atoms with van der Waals surface area (Å²) in [6, 6.07) is 4.94. The van der Waals surface area contributed by atoms with E-state index < -0.39 is 5.97 Å². The van der Waals surface area contributed by atoms with Crippen LogP contribution in [0.15, 0.2) is 18.2 Å². The third kappa shape index (κ3) is 4.15. The summed E-state index contributed by atoms with van der Waals surface area (Å²) in [6.07, 6.45) is 0. The highest BCUT2D eigenvalue weighted by atomic mass is 127. The van der Waals surface area contributed by atoms with Crippen molar-refractivity contribution < 1.29 is 14.7 Å². The Morgan fingerprint density at radius 2 is 2.05 bits per heavy atom. The summed E-state index contributed by atoms with van der Waals surface area (Å²) in [7, 11) is 0. The van der Waals surface area contributed by atoms with Gasteiger partial charge in [0.05, 0.1) is 17.8 Å². The summed E-state index contributed by atoms with van der Waals surface area (Å²) in [4.78, 5) is 25.2. The van der Waals surface area contributed by atoms with Crippen LogP contribution >= 0.6 is 22.6 Å². The van der Waals surface area contributed by atoms with Gasteiger partial charge in [0, 0.05) is 29.7 Å². The van der Waals surface area contributed by atoms with Crippen LogP contribution in [0.25, 0.3) is 0 Å². The standard InChI is InChI=1S/C13H16IN3O3/c14-9-1-2-11(10(7-9)13(19)20)16-12(18)8-17-5-3-15-4-6-17/h1-2,7,15H,3-6,8H2,(H,16,18)(H,19,20). The lowest BCUT2D eigenvalue weighted by Crippen LogP contribution is -2.46. The highest BCUT2D eigenvalue weighted by molar-refractivity contribution is 14.1. The van der Waals surface area contributed by atoms with Crippen molar-refractivity contribution in [3.05, 3.63) is 27.3 Å². The molecule has 0 saturated carbocycles. The van der Waals surface area contributed by atoms with Crippen LogP contribution < -0.4 is 10.6 Å². The predicted molar refractivity (Wildman–Crippen MR) is 84.1 cm³/mol. The fourth-order valence-electron chi connectivity index (χ4n) is 2.06. The zero-order chi connectivity index (χ0) is 14.5. The third-order valence-electron chi connectivity index (χ3n) is 3.06. The second-order valence-electron chi connectivity index (χ2n) is 4.57. The molecular formula is C13H16IN3O3. The van der Waals surface area contributed by atoms with Crippen LogP contribution in [0.5, 0.6) is 0 Å². The van der Waals surface area contributed by atoms with E-state index in [0.29, 0.717) is 5.69 Å². The van der Waals surface area contributed by atoms with E-state index in [1.54, 1.807) is 18.2 Å². The lowest BCUT2D eigenvalue weighted by Gasteiger charge is -2.26. The molecule has 2 rings (SSSR count). The molecule has 1 aliphatic rings. The van der Waals surface area contributed by atoms with Crippen molar-refractivity contribution in [3.63, 3.8) is 0 Å². The van der Waals surface area contributed by atoms with Crippen LogP contribution in [0.2, 0.25) is 0 Å². The van der Waals surface area contributed by atoms with Crippen molar-refractivity contribution in [2.24, 2.45) is 0 Å². The topological polar surface area (TPSA) is 81.7 Å². The Hall–Kier alpha value is -1.19.